The third-order valence-electron chi connectivity index (χ3n) is 3.39. The van der Waals surface area contributed by atoms with E-state index in [4.69, 9.17) is 21.1 Å². The summed E-state index contributed by atoms with van der Waals surface area (Å²) >= 11 is 6.07. The Kier molecular flexibility index (Phi) is 6.90. The molecule has 2 aromatic carbocycles. The standard InChI is InChI=1S/C20H22ClNO3/c1-14(2)25-18-10-8-15(12-19(18)24-3)9-11-20(23)22-13-16-6-4-5-7-17(16)21/h4-12,14H,13H2,1-3H3,(H,22,23)/b11-9+. The molecular weight excluding hydrogens is 338 g/mol. The number of amides is 1. The number of halogens is 1. The first-order chi connectivity index (χ1) is 12.0. The van der Waals surface area contributed by atoms with Gasteiger partial charge in [-0.3, -0.25) is 4.79 Å². The molecule has 0 spiro atoms. The number of carbonyl (C=O) groups is 1. The van der Waals surface area contributed by atoms with Gasteiger partial charge in [-0.25, -0.2) is 0 Å². The molecule has 1 N–H and O–H groups in total. The zero-order valence-electron chi connectivity index (χ0n) is 14.6. The average Bonchev–Trinajstić information content (AvgIpc) is 2.59. The highest BCUT2D eigenvalue weighted by Gasteiger charge is 2.07. The minimum atomic E-state index is -0.193. The SMILES string of the molecule is COc1cc(/C=C/C(=O)NCc2ccccc2Cl)ccc1OC(C)C. The predicted molar refractivity (Wildman–Crippen MR) is 101 cm³/mol. The van der Waals surface area contributed by atoms with Crippen LogP contribution in [0.2, 0.25) is 5.02 Å². The molecule has 0 radical (unpaired) electrons. The topological polar surface area (TPSA) is 47.6 Å². The molecule has 0 heterocycles. The van der Waals surface area contributed by atoms with Crippen LogP contribution >= 0.6 is 11.6 Å². The minimum absolute atomic E-state index is 0.0610. The molecule has 0 aromatic heterocycles. The van der Waals surface area contributed by atoms with Crippen molar-refractivity contribution < 1.29 is 14.3 Å². The van der Waals surface area contributed by atoms with Crippen LogP contribution in [0.3, 0.4) is 0 Å². The molecular formula is C20H22ClNO3. The van der Waals surface area contributed by atoms with Gasteiger partial charge in [-0.15, -0.1) is 0 Å². The van der Waals surface area contributed by atoms with Crippen LogP contribution in [0, 0.1) is 0 Å². The Morgan fingerprint density at radius 1 is 1.20 bits per heavy atom. The normalized spacial score (nSPS) is 10.9. The van der Waals surface area contributed by atoms with Crippen molar-refractivity contribution >= 4 is 23.6 Å². The van der Waals surface area contributed by atoms with E-state index >= 15 is 0 Å². The molecule has 0 fully saturated rings. The number of hydrogen-bond acceptors (Lipinski definition) is 3. The van der Waals surface area contributed by atoms with Gasteiger partial charge in [0.15, 0.2) is 11.5 Å². The van der Waals surface area contributed by atoms with Gasteiger partial charge >= 0.3 is 0 Å². The van der Waals surface area contributed by atoms with Crippen LogP contribution in [-0.2, 0) is 11.3 Å². The molecule has 0 aliphatic carbocycles. The number of rotatable bonds is 7. The van der Waals surface area contributed by atoms with E-state index in [0.717, 1.165) is 11.1 Å². The zero-order chi connectivity index (χ0) is 18.2. The van der Waals surface area contributed by atoms with E-state index in [-0.39, 0.29) is 12.0 Å². The summed E-state index contributed by atoms with van der Waals surface area (Å²) in [6.45, 7) is 4.29. The fourth-order valence-corrected chi connectivity index (χ4v) is 2.40. The number of hydrogen-bond donors (Lipinski definition) is 1. The van der Waals surface area contributed by atoms with Gasteiger partial charge in [0.25, 0.3) is 0 Å². The molecule has 2 rings (SSSR count). The maximum absolute atomic E-state index is 12.0. The Labute approximate surface area is 153 Å². The van der Waals surface area contributed by atoms with Crippen molar-refractivity contribution in [3.63, 3.8) is 0 Å². The Balaban J connectivity index is 1.98. The number of nitrogens with one attached hydrogen (secondary N) is 1. The molecule has 0 unspecified atom stereocenters. The summed E-state index contributed by atoms with van der Waals surface area (Å²) in [6.07, 6.45) is 3.27. The summed E-state index contributed by atoms with van der Waals surface area (Å²) in [7, 11) is 1.59. The summed E-state index contributed by atoms with van der Waals surface area (Å²) < 4.78 is 11.0. The molecule has 5 heteroatoms. The highest BCUT2D eigenvalue weighted by molar-refractivity contribution is 6.31. The number of methoxy groups -OCH3 is 1. The minimum Gasteiger partial charge on any atom is -0.493 e. The first kappa shape index (κ1) is 18.9. The molecule has 2 aromatic rings. The van der Waals surface area contributed by atoms with Gasteiger partial charge in [0.05, 0.1) is 13.2 Å². The van der Waals surface area contributed by atoms with Crippen molar-refractivity contribution in [1.29, 1.82) is 0 Å². The van der Waals surface area contributed by atoms with Crippen LogP contribution in [0.15, 0.2) is 48.5 Å². The number of ether oxygens (including phenoxy) is 2. The van der Waals surface area contributed by atoms with Crippen LogP contribution in [0.5, 0.6) is 11.5 Å². The Bertz CT molecular complexity index is 756. The Morgan fingerprint density at radius 3 is 2.64 bits per heavy atom. The van der Waals surface area contributed by atoms with Crippen LogP contribution in [-0.4, -0.2) is 19.1 Å². The molecule has 1 amide bonds. The maximum atomic E-state index is 12.0. The second-order valence-electron chi connectivity index (χ2n) is 5.72. The molecule has 0 atom stereocenters. The van der Waals surface area contributed by atoms with Crippen molar-refractivity contribution in [3.8, 4) is 11.5 Å². The first-order valence-electron chi connectivity index (χ1n) is 8.03. The van der Waals surface area contributed by atoms with Gasteiger partial charge in [-0.05, 0) is 49.2 Å². The van der Waals surface area contributed by atoms with Crippen LogP contribution in [0.1, 0.15) is 25.0 Å². The predicted octanol–water partition coefficient (Wildman–Crippen LogP) is 4.47. The third kappa shape index (κ3) is 5.84. The van der Waals surface area contributed by atoms with Crippen molar-refractivity contribution in [2.24, 2.45) is 0 Å². The van der Waals surface area contributed by atoms with Gasteiger partial charge in [-0.2, -0.15) is 0 Å². The summed E-state index contributed by atoms with van der Waals surface area (Å²) in [5.41, 5.74) is 1.73. The van der Waals surface area contributed by atoms with E-state index in [9.17, 15) is 4.79 Å². The van der Waals surface area contributed by atoms with Crippen LogP contribution < -0.4 is 14.8 Å². The Morgan fingerprint density at radius 2 is 1.96 bits per heavy atom. The van der Waals surface area contributed by atoms with E-state index in [1.54, 1.807) is 19.3 Å². The first-order valence-corrected chi connectivity index (χ1v) is 8.41. The molecule has 0 bridgehead atoms. The van der Waals surface area contributed by atoms with Crippen LogP contribution in [0.25, 0.3) is 6.08 Å². The lowest BCUT2D eigenvalue weighted by Gasteiger charge is -2.13. The number of carbonyl (C=O) groups excluding carboxylic acids is 1. The number of benzene rings is 2. The van der Waals surface area contributed by atoms with E-state index < -0.39 is 0 Å². The van der Waals surface area contributed by atoms with Crippen LogP contribution in [0.4, 0.5) is 0 Å². The van der Waals surface area contributed by atoms with Crippen molar-refractivity contribution in [2.45, 2.75) is 26.5 Å². The smallest absolute Gasteiger partial charge is 0.244 e. The highest BCUT2D eigenvalue weighted by Crippen LogP contribution is 2.29. The van der Waals surface area contributed by atoms with Crippen molar-refractivity contribution in [2.75, 3.05) is 7.11 Å². The molecule has 4 nitrogen and oxygen atoms in total. The molecule has 0 aliphatic heterocycles. The fourth-order valence-electron chi connectivity index (χ4n) is 2.19. The lowest BCUT2D eigenvalue weighted by atomic mass is 10.2. The fraction of sp³-hybridized carbons (Fsp3) is 0.250. The second-order valence-corrected chi connectivity index (χ2v) is 6.13. The summed E-state index contributed by atoms with van der Waals surface area (Å²) in [5, 5.41) is 3.45. The second kappa shape index (κ2) is 9.14. The largest absolute Gasteiger partial charge is 0.493 e. The maximum Gasteiger partial charge on any atom is 0.244 e. The van der Waals surface area contributed by atoms with Gasteiger partial charge in [-0.1, -0.05) is 35.9 Å². The van der Waals surface area contributed by atoms with Gasteiger partial charge < -0.3 is 14.8 Å². The molecule has 25 heavy (non-hydrogen) atoms. The lowest BCUT2D eigenvalue weighted by molar-refractivity contribution is -0.116. The molecule has 0 saturated carbocycles. The zero-order valence-corrected chi connectivity index (χ0v) is 15.3. The van der Waals surface area contributed by atoms with E-state index in [2.05, 4.69) is 5.32 Å². The van der Waals surface area contributed by atoms with Crippen molar-refractivity contribution in [3.05, 3.63) is 64.7 Å². The quantitative estimate of drug-likeness (QED) is 0.742. The van der Waals surface area contributed by atoms with E-state index in [1.807, 2.05) is 50.2 Å². The van der Waals surface area contributed by atoms with Gasteiger partial charge in [0.2, 0.25) is 5.91 Å². The molecule has 132 valence electrons. The van der Waals surface area contributed by atoms with Crippen molar-refractivity contribution in [1.82, 2.24) is 5.32 Å². The lowest BCUT2D eigenvalue weighted by Crippen LogP contribution is -2.20. The molecule has 0 aliphatic rings. The van der Waals surface area contributed by atoms with E-state index in [1.165, 1.54) is 6.08 Å². The summed E-state index contributed by atoms with van der Waals surface area (Å²) in [6, 6.07) is 13.0. The van der Waals surface area contributed by atoms with E-state index in [0.29, 0.717) is 23.1 Å². The third-order valence-corrected chi connectivity index (χ3v) is 3.76. The highest BCUT2D eigenvalue weighted by atomic mass is 35.5. The molecule has 0 saturated heterocycles. The average molecular weight is 360 g/mol. The Hall–Kier alpha value is -2.46. The monoisotopic (exact) mass is 359 g/mol. The summed E-state index contributed by atoms with van der Waals surface area (Å²) in [5.74, 6) is 1.12. The van der Waals surface area contributed by atoms with Gasteiger partial charge in [0, 0.05) is 17.6 Å². The van der Waals surface area contributed by atoms with Gasteiger partial charge in [0.1, 0.15) is 0 Å². The summed E-state index contributed by atoms with van der Waals surface area (Å²) in [4.78, 5) is 12.0.